The number of nitrogens with zero attached hydrogens (tertiary/aromatic N) is 2. The van der Waals surface area contributed by atoms with Crippen molar-refractivity contribution in [3.63, 3.8) is 0 Å². The van der Waals surface area contributed by atoms with Crippen LogP contribution in [0.2, 0.25) is 0 Å². The maximum atomic E-state index is 10.2. The molecule has 0 spiro atoms. The van der Waals surface area contributed by atoms with Crippen molar-refractivity contribution >= 4 is 11.3 Å². The Bertz CT molecular complexity index is 507. The Morgan fingerprint density at radius 3 is 2.56 bits per heavy atom. The van der Waals surface area contributed by atoms with Gasteiger partial charge in [-0.25, -0.2) is 4.98 Å². The summed E-state index contributed by atoms with van der Waals surface area (Å²) >= 11 is 1.53. The largest absolute Gasteiger partial charge is 0.383 e. The number of aromatic nitrogens is 2. The van der Waals surface area contributed by atoms with E-state index in [2.05, 4.69) is 9.97 Å². The molecule has 1 N–H and O–H groups in total. The van der Waals surface area contributed by atoms with E-state index >= 15 is 0 Å². The van der Waals surface area contributed by atoms with E-state index in [4.69, 9.17) is 0 Å². The lowest BCUT2D eigenvalue weighted by molar-refractivity contribution is 0.222. The molecule has 84 valence electrons. The van der Waals surface area contributed by atoms with Gasteiger partial charge in [0, 0.05) is 18.0 Å². The van der Waals surface area contributed by atoms with Gasteiger partial charge in [-0.3, -0.25) is 4.98 Å². The molecule has 0 amide bonds. The molecule has 0 radical (unpaired) electrons. The molecule has 2 aromatic rings. The van der Waals surface area contributed by atoms with E-state index < -0.39 is 6.10 Å². The smallest absolute Gasteiger partial charge is 0.117 e. The van der Waals surface area contributed by atoms with Crippen molar-refractivity contribution in [3.05, 3.63) is 45.2 Å². The van der Waals surface area contributed by atoms with Crippen LogP contribution >= 0.6 is 11.3 Å². The monoisotopic (exact) mass is 234 g/mol. The molecule has 2 heterocycles. The van der Waals surface area contributed by atoms with Crippen LogP contribution in [0.5, 0.6) is 0 Å². The Hall–Kier alpha value is -1.26. The average molecular weight is 234 g/mol. The van der Waals surface area contributed by atoms with Gasteiger partial charge >= 0.3 is 0 Å². The molecule has 0 bridgehead atoms. The number of aliphatic hydroxyl groups is 1. The first kappa shape index (κ1) is 11.2. The molecule has 2 aromatic heterocycles. The number of pyridine rings is 1. The van der Waals surface area contributed by atoms with Crippen molar-refractivity contribution in [3.8, 4) is 0 Å². The highest BCUT2D eigenvalue weighted by molar-refractivity contribution is 7.11. The zero-order chi connectivity index (χ0) is 11.7. The van der Waals surface area contributed by atoms with Gasteiger partial charge in [-0.15, -0.1) is 11.3 Å². The highest BCUT2D eigenvalue weighted by Gasteiger charge is 2.16. The number of aliphatic hydroxyl groups excluding tert-OH is 1. The third kappa shape index (κ3) is 2.13. The van der Waals surface area contributed by atoms with Crippen LogP contribution in [0.15, 0.2) is 18.5 Å². The maximum Gasteiger partial charge on any atom is 0.117 e. The van der Waals surface area contributed by atoms with Crippen LogP contribution in [0.1, 0.15) is 32.8 Å². The third-order valence-electron chi connectivity index (χ3n) is 2.40. The number of hydrogen-bond acceptors (Lipinski definition) is 4. The van der Waals surface area contributed by atoms with E-state index in [1.54, 1.807) is 12.4 Å². The van der Waals surface area contributed by atoms with Gasteiger partial charge in [-0.2, -0.15) is 0 Å². The standard InChI is InChI=1S/C12H14N2OS/c1-7-4-10(6-13-5-7)11(15)12-8(2)14-9(3)16-12/h4-6,11,15H,1-3H3. The normalized spacial score (nSPS) is 12.8. The molecule has 2 rings (SSSR count). The highest BCUT2D eigenvalue weighted by Crippen LogP contribution is 2.29. The van der Waals surface area contributed by atoms with Crippen molar-refractivity contribution in [1.29, 1.82) is 0 Å². The van der Waals surface area contributed by atoms with E-state index in [1.165, 1.54) is 11.3 Å². The number of hydrogen-bond donors (Lipinski definition) is 1. The summed E-state index contributed by atoms with van der Waals surface area (Å²) in [6.45, 7) is 5.83. The molecule has 16 heavy (non-hydrogen) atoms. The Labute approximate surface area is 98.8 Å². The first-order valence-electron chi connectivity index (χ1n) is 5.11. The predicted molar refractivity (Wildman–Crippen MR) is 64.6 cm³/mol. The minimum atomic E-state index is -0.612. The summed E-state index contributed by atoms with van der Waals surface area (Å²) in [7, 11) is 0. The fourth-order valence-electron chi connectivity index (χ4n) is 1.68. The van der Waals surface area contributed by atoms with Crippen LogP contribution in [0.25, 0.3) is 0 Å². The second-order valence-corrected chi connectivity index (χ2v) is 5.12. The molecular weight excluding hydrogens is 220 g/mol. The first-order valence-corrected chi connectivity index (χ1v) is 5.93. The van der Waals surface area contributed by atoms with E-state index in [-0.39, 0.29) is 0 Å². The van der Waals surface area contributed by atoms with Crippen molar-refractivity contribution in [2.24, 2.45) is 0 Å². The molecule has 0 aromatic carbocycles. The summed E-state index contributed by atoms with van der Waals surface area (Å²) in [5.41, 5.74) is 2.78. The van der Waals surface area contributed by atoms with Crippen LogP contribution < -0.4 is 0 Å². The second-order valence-electron chi connectivity index (χ2n) is 3.88. The minimum Gasteiger partial charge on any atom is -0.383 e. The molecule has 0 saturated heterocycles. The van der Waals surface area contributed by atoms with Crippen LogP contribution in [0, 0.1) is 20.8 Å². The van der Waals surface area contributed by atoms with E-state index in [0.29, 0.717) is 0 Å². The van der Waals surface area contributed by atoms with Gasteiger partial charge in [0.2, 0.25) is 0 Å². The quantitative estimate of drug-likeness (QED) is 0.868. The van der Waals surface area contributed by atoms with Gasteiger partial charge in [0.15, 0.2) is 0 Å². The second kappa shape index (κ2) is 4.31. The number of thiazole rings is 1. The molecule has 1 unspecified atom stereocenters. The van der Waals surface area contributed by atoms with E-state index in [1.807, 2.05) is 26.8 Å². The Morgan fingerprint density at radius 1 is 1.25 bits per heavy atom. The van der Waals surface area contributed by atoms with Crippen molar-refractivity contribution in [2.45, 2.75) is 26.9 Å². The molecular formula is C12H14N2OS. The lowest BCUT2D eigenvalue weighted by atomic mass is 10.1. The summed E-state index contributed by atoms with van der Waals surface area (Å²) in [6, 6.07) is 1.95. The lowest BCUT2D eigenvalue weighted by Gasteiger charge is -2.09. The van der Waals surface area contributed by atoms with Crippen LogP contribution in [0.4, 0.5) is 0 Å². The molecule has 0 aliphatic heterocycles. The summed E-state index contributed by atoms with van der Waals surface area (Å²) in [4.78, 5) is 9.32. The van der Waals surface area contributed by atoms with Gasteiger partial charge in [-0.1, -0.05) is 6.07 Å². The van der Waals surface area contributed by atoms with E-state index in [9.17, 15) is 5.11 Å². The molecule has 0 fully saturated rings. The van der Waals surface area contributed by atoms with Gasteiger partial charge in [-0.05, 0) is 26.3 Å². The molecule has 0 saturated carbocycles. The SMILES string of the molecule is Cc1cncc(C(O)c2sc(C)nc2C)c1. The number of rotatable bonds is 2. The number of aryl methyl sites for hydroxylation is 3. The van der Waals surface area contributed by atoms with Gasteiger partial charge in [0.25, 0.3) is 0 Å². The predicted octanol–water partition coefficient (Wildman–Crippen LogP) is 2.55. The fraction of sp³-hybridized carbons (Fsp3) is 0.333. The third-order valence-corrected chi connectivity index (χ3v) is 3.52. The van der Waals surface area contributed by atoms with Crippen molar-refractivity contribution < 1.29 is 5.11 Å². The Kier molecular flexibility index (Phi) is 3.03. The summed E-state index contributed by atoms with van der Waals surface area (Å²) in [6.07, 6.45) is 2.87. The van der Waals surface area contributed by atoms with Crippen LogP contribution in [-0.2, 0) is 0 Å². The zero-order valence-electron chi connectivity index (χ0n) is 9.56. The minimum absolute atomic E-state index is 0.612. The van der Waals surface area contributed by atoms with Gasteiger partial charge in [0.05, 0.1) is 15.6 Å². The zero-order valence-corrected chi connectivity index (χ0v) is 10.4. The first-order chi connectivity index (χ1) is 7.58. The van der Waals surface area contributed by atoms with Gasteiger partial charge < -0.3 is 5.11 Å². The highest BCUT2D eigenvalue weighted by atomic mass is 32.1. The lowest BCUT2D eigenvalue weighted by Crippen LogP contribution is -2.00. The summed E-state index contributed by atoms with van der Waals surface area (Å²) in [5.74, 6) is 0. The molecule has 4 heteroatoms. The molecule has 3 nitrogen and oxygen atoms in total. The van der Waals surface area contributed by atoms with Crippen molar-refractivity contribution in [2.75, 3.05) is 0 Å². The van der Waals surface area contributed by atoms with Crippen LogP contribution in [0.3, 0.4) is 0 Å². The van der Waals surface area contributed by atoms with Crippen LogP contribution in [-0.4, -0.2) is 15.1 Å². The molecule has 0 aliphatic carbocycles. The maximum absolute atomic E-state index is 10.2. The average Bonchev–Trinajstić information content (AvgIpc) is 2.57. The molecule has 0 aliphatic rings. The topological polar surface area (TPSA) is 46.0 Å². The van der Waals surface area contributed by atoms with E-state index in [0.717, 1.165) is 26.7 Å². The van der Waals surface area contributed by atoms with Gasteiger partial charge in [0.1, 0.15) is 6.10 Å². The summed E-state index contributed by atoms with van der Waals surface area (Å²) < 4.78 is 0. The van der Waals surface area contributed by atoms with Crippen molar-refractivity contribution in [1.82, 2.24) is 9.97 Å². The Morgan fingerprint density at radius 2 is 2.00 bits per heavy atom. The summed E-state index contributed by atoms with van der Waals surface area (Å²) in [5, 5.41) is 11.2. The fourth-order valence-corrected chi connectivity index (χ4v) is 2.62. The Balaban J connectivity index is 2.38. The molecule has 1 atom stereocenters.